The number of aliphatic hydroxyl groups is 1. The summed E-state index contributed by atoms with van der Waals surface area (Å²) in [6.07, 6.45) is 6.09. The largest absolute Gasteiger partial charge is 0.391 e. The number of nitrogens with zero attached hydrogens (tertiary/aromatic N) is 2. The number of pyridine rings is 1. The normalized spacial score (nSPS) is 25.9. The quantitative estimate of drug-likeness (QED) is 0.844. The molecule has 3 nitrogen and oxygen atoms in total. The molecule has 0 spiro atoms. The predicted molar refractivity (Wildman–Crippen MR) is 64.0 cm³/mol. The van der Waals surface area contributed by atoms with Gasteiger partial charge in [0.25, 0.3) is 0 Å². The molecule has 0 amide bonds. The molecule has 1 aromatic rings. The number of hydrogen-bond acceptors (Lipinski definition) is 3. The second-order valence-corrected chi connectivity index (χ2v) is 4.66. The first-order valence-corrected chi connectivity index (χ1v) is 6.05. The van der Waals surface area contributed by atoms with E-state index in [-0.39, 0.29) is 6.10 Å². The van der Waals surface area contributed by atoms with E-state index in [1.807, 2.05) is 24.4 Å². The highest BCUT2D eigenvalue weighted by Gasteiger charge is 2.26. The Morgan fingerprint density at radius 1 is 1.38 bits per heavy atom. The maximum absolute atomic E-state index is 9.96. The Bertz CT molecular complexity index is 315. The van der Waals surface area contributed by atoms with Crippen molar-refractivity contribution in [2.45, 2.75) is 44.4 Å². The molecular formula is C13H20N2O. The molecule has 1 fully saturated rings. The summed E-state index contributed by atoms with van der Waals surface area (Å²) in [4.78, 5) is 6.54. The number of aromatic nitrogens is 1. The third-order valence-electron chi connectivity index (χ3n) is 3.40. The molecule has 88 valence electrons. The summed E-state index contributed by atoms with van der Waals surface area (Å²) in [6.45, 7) is 0.822. The van der Waals surface area contributed by atoms with Gasteiger partial charge in [0.1, 0.15) is 0 Å². The van der Waals surface area contributed by atoms with E-state index in [1.54, 1.807) is 0 Å². The fraction of sp³-hybridized carbons (Fsp3) is 0.615. The first-order valence-electron chi connectivity index (χ1n) is 6.05. The summed E-state index contributed by atoms with van der Waals surface area (Å²) in [5.74, 6) is 0. The van der Waals surface area contributed by atoms with Crippen LogP contribution in [0.15, 0.2) is 24.4 Å². The van der Waals surface area contributed by atoms with E-state index < -0.39 is 0 Å². The summed E-state index contributed by atoms with van der Waals surface area (Å²) in [6, 6.07) is 6.27. The van der Waals surface area contributed by atoms with E-state index in [0.717, 1.165) is 31.5 Å². The number of rotatable bonds is 3. The second kappa shape index (κ2) is 5.41. The van der Waals surface area contributed by atoms with Crippen LogP contribution in [0.3, 0.4) is 0 Å². The van der Waals surface area contributed by atoms with Gasteiger partial charge in [0, 0.05) is 18.8 Å². The molecule has 0 radical (unpaired) electrons. The molecular weight excluding hydrogens is 200 g/mol. The first-order chi connectivity index (χ1) is 7.77. The summed E-state index contributed by atoms with van der Waals surface area (Å²) in [7, 11) is 2.08. The Hall–Kier alpha value is -0.930. The third-order valence-corrected chi connectivity index (χ3v) is 3.40. The van der Waals surface area contributed by atoms with Crippen LogP contribution in [0, 0.1) is 0 Å². The Kier molecular flexibility index (Phi) is 3.91. The van der Waals surface area contributed by atoms with Crippen LogP contribution in [0.5, 0.6) is 0 Å². The minimum absolute atomic E-state index is 0.164. The predicted octanol–water partition coefficient (Wildman–Crippen LogP) is 1.82. The van der Waals surface area contributed by atoms with Gasteiger partial charge in [-0.3, -0.25) is 9.88 Å². The Labute approximate surface area is 97.1 Å². The molecule has 0 saturated heterocycles. The third kappa shape index (κ3) is 2.80. The van der Waals surface area contributed by atoms with Crippen LogP contribution in [0.4, 0.5) is 0 Å². The van der Waals surface area contributed by atoms with Crippen molar-refractivity contribution in [3.8, 4) is 0 Å². The molecule has 0 unspecified atom stereocenters. The van der Waals surface area contributed by atoms with E-state index in [2.05, 4.69) is 16.9 Å². The van der Waals surface area contributed by atoms with Gasteiger partial charge < -0.3 is 5.11 Å². The van der Waals surface area contributed by atoms with Crippen molar-refractivity contribution >= 4 is 0 Å². The topological polar surface area (TPSA) is 36.4 Å². The van der Waals surface area contributed by atoms with Crippen LogP contribution >= 0.6 is 0 Å². The Morgan fingerprint density at radius 2 is 2.19 bits per heavy atom. The highest BCUT2D eigenvalue weighted by atomic mass is 16.3. The fourth-order valence-electron chi connectivity index (χ4n) is 2.47. The van der Waals surface area contributed by atoms with Gasteiger partial charge in [-0.1, -0.05) is 18.9 Å². The lowest BCUT2D eigenvalue weighted by Gasteiger charge is -2.34. The number of likely N-dealkylation sites (N-methyl/N-ethyl adjacent to an activating group) is 1. The van der Waals surface area contributed by atoms with E-state index in [4.69, 9.17) is 0 Å². The van der Waals surface area contributed by atoms with Crippen LogP contribution in [0.25, 0.3) is 0 Å². The lowest BCUT2D eigenvalue weighted by molar-refractivity contribution is 0.0283. The highest BCUT2D eigenvalue weighted by Crippen LogP contribution is 2.23. The van der Waals surface area contributed by atoms with Crippen molar-refractivity contribution < 1.29 is 5.11 Å². The lowest BCUT2D eigenvalue weighted by Crippen LogP contribution is -2.42. The smallest absolute Gasteiger partial charge is 0.0695 e. The molecule has 1 heterocycles. The molecule has 1 aliphatic rings. The van der Waals surface area contributed by atoms with E-state index in [1.165, 1.54) is 6.42 Å². The minimum Gasteiger partial charge on any atom is -0.391 e. The lowest BCUT2D eigenvalue weighted by atomic mass is 9.91. The summed E-state index contributed by atoms with van der Waals surface area (Å²) in [5, 5.41) is 9.96. The first kappa shape index (κ1) is 11.6. The van der Waals surface area contributed by atoms with E-state index in [9.17, 15) is 5.11 Å². The molecule has 1 saturated carbocycles. The monoisotopic (exact) mass is 220 g/mol. The van der Waals surface area contributed by atoms with Crippen molar-refractivity contribution in [1.29, 1.82) is 0 Å². The standard InChI is InChI=1S/C13H20N2O/c1-15(10-11-6-4-5-9-14-11)12-7-2-3-8-13(12)16/h4-6,9,12-13,16H,2-3,7-8,10H2,1H3/t12-,13-/m0/s1. The maximum Gasteiger partial charge on any atom is 0.0695 e. The van der Waals surface area contributed by atoms with Crippen LogP contribution < -0.4 is 0 Å². The Balaban J connectivity index is 1.94. The minimum atomic E-state index is -0.164. The molecule has 3 heteroatoms. The van der Waals surface area contributed by atoms with Crippen molar-refractivity contribution in [1.82, 2.24) is 9.88 Å². The summed E-state index contributed by atoms with van der Waals surface area (Å²) in [5.41, 5.74) is 1.07. The van der Waals surface area contributed by atoms with Gasteiger partial charge in [0.05, 0.1) is 11.8 Å². The van der Waals surface area contributed by atoms with E-state index in [0.29, 0.717) is 6.04 Å². The van der Waals surface area contributed by atoms with Gasteiger partial charge in [-0.2, -0.15) is 0 Å². The fourth-order valence-corrected chi connectivity index (χ4v) is 2.47. The average Bonchev–Trinajstić information content (AvgIpc) is 2.31. The van der Waals surface area contributed by atoms with Gasteiger partial charge in [-0.25, -0.2) is 0 Å². The molecule has 1 N–H and O–H groups in total. The number of hydrogen-bond donors (Lipinski definition) is 1. The van der Waals surface area contributed by atoms with Crippen LogP contribution in [0.2, 0.25) is 0 Å². The number of aliphatic hydroxyl groups excluding tert-OH is 1. The van der Waals surface area contributed by atoms with Crippen molar-refractivity contribution in [2.75, 3.05) is 7.05 Å². The molecule has 0 aromatic carbocycles. The summed E-state index contributed by atoms with van der Waals surface area (Å²) >= 11 is 0. The molecule has 2 atom stereocenters. The SMILES string of the molecule is CN(Cc1ccccn1)[C@H]1CCCC[C@@H]1O. The van der Waals surface area contributed by atoms with Crippen molar-refractivity contribution in [3.63, 3.8) is 0 Å². The van der Waals surface area contributed by atoms with Crippen LogP contribution in [-0.4, -0.2) is 34.2 Å². The van der Waals surface area contributed by atoms with Gasteiger partial charge in [-0.05, 0) is 32.0 Å². The van der Waals surface area contributed by atoms with Gasteiger partial charge in [-0.15, -0.1) is 0 Å². The van der Waals surface area contributed by atoms with Gasteiger partial charge >= 0.3 is 0 Å². The molecule has 1 aromatic heterocycles. The zero-order chi connectivity index (χ0) is 11.4. The van der Waals surface area contributed by atoms with E-state index >= 15 is 0 Å². The zero-order valence-electron chi connectivity index (χ0n) is 9.84. The average molecular weight is 220 g/mol. The summed E-state index contributed by atoms with van der Waals surface area (Å²) < 4.78 is 0. The van der Waals surface area contributed by atoms with Gasteiger partial charge in [0.15, 0.2) is 0 Å². The van der Waals surface area contributed by atoms with Gasteiger partial charge in [0.2, 0.25) is 0 Å². The van der Waals surface area contributed by atoms with Crippen molar-refractivity contribution in [3.05, 3.63) is 30.1 Å². The zero-order valence-corrected chi connectivity index (χ0v) is 9.84. The molecule has 1 aliphatic carbocycles. The molecule has 16 heavy (non-hydrogen) atoms. The maximum atomic E-state index is 9.96. The highest BCUT2D eigenvalue weighted by molar-refractivity contribution is 5.03. The molecule has 2 rings (SSSR count). The molecule has 0 aliphatic heterocycles. The van der Waals surface area contributed by atoms with Crippen LogP contribution in [-0.2, 0) is 6.54 Å². The molecule has 0 bridgehead atoms. The Morgan fingerprint density at radius 3 is 2.88 bits per heavy atom. The van der Waals surface area contributed by atoms with Crippen LogP contribution in [0.1, 0.15) is 31.4 Å². The van der Waals surface area contributed by atoms with Crippen molar-refractivity contribution in [2.24, 2.45) is 0 Å². The second-order valence-electron chi connectivity index (χ2n) is 4.66.